The van der Waals surface area contributed by atoms with Gasteiger partial charge >= 0.3 is 0 Å². The van der Waals surface area contributed by atoms with Gasteiger partial charge in [-0.1, -0.05) is 34.2 Å². The maximum atomic E-state index is 7.40. The lowest BCUT2D eigenvalue weighted by Gasteiger charge is -1.95. The van der Waals surface area contributed by atoms with Crippen LogP contribution in [0, 0.1) is 5.41 Å². The highest BCUT2D eigenvalue weighted by Crippen LogP contribution is 2.05. The van der Waals surface area contributed by atoms with E-state index in [-0.39, 0.29) is 0 Å². The second-order valence-electron chi connectivity index (χ2n) is 2.09. The summed E-state index contributed by atoms with van der Waals surface area (Å²) in [5, 5.41) is 10.2. The molecule has 2 nitrogen and oxygen atoms in total. The predicted octanol–water partition coefficient (Wildman–Crippen LogP) is 2.94. The third-order valence-corrected chi connectivity index (χ3v) is 1.51. The highest BCUT2D eigenvalue weighted by Gasteiger charge is 1.87. The van der Waals surface area contributed by atoms with Crippen LogP contribution >= 0.6 is 15.9 Å². The van der Waals surface area contributed by atoms with Gasteiger partial charge in [0.1, 0.15) is 5.84 Å². The fraction of sp³-hybridized carbons (Fsp3) is 0.222. The van der Waals surface area contributed by atoms with Crippen molar-refractivity contribution < 1.29 is 0 Å². The van der Waals surface area contributed by atoms with Crippen LogP contribution in [0.1, 0.15) is 13.8 Å². The Balaban J connectivity index is 4.05. The first kappa shape index (κ1) is 11.2. The van der Waals surface area contributed by atoms with E-state index in [1.807, 2.05) is 32.1 Å². The Bertz CT molecular complexity index is 227. The van der Waals surface area contributed by atoms with Crippen LogP contribution < -0.4 is 5.32 Å². The lowest BCUT2D eigenvalue weighted by molar-refractivity contribution is 1.23. The zero-order chi connectivity index (χ0) is 9.40. The van der Waals surface area contributed by atoms with Crippen LogP contribution in [-0.2, 0) is 0 Å². The van der Waals surface area contributed by atoms with E-state index in [9.17, 15) is 0 Å². The Labute approximate surface area is 81.7 Å². The van der Waals surface area contributed by atoms with Crippen molar-refractivity contribution in [3.63, 3.8) is 0 Å². The molecular formula is C9H13BrN2. The molecular weight excluding hydrogens is 216 g/mol. The van der Waals surface area contributed by atoms with Crippen molar-refractivity contribution in [1.82, 2.24) is 5.32 Å². The lowest BCUT2D eigenvalue weighted by atomic mass is 10.4. The summed E-state index contributed by atoms with van der Waals surface area (Å²) in [6.45, 7) is 3.82. The molecule has 0 aromatic rings. The molecule has 2 N–H and O–H groups in total. The van der Waals surface area contributed by atoms with E-state index in [1.54, 1.807) is 12.3 Å². The highest BCUT2D eigenvalue weighted by atomic mass is 79.9. The van der Waals surface area contributed by atoms with Gasteiger partial charge in [0.05, 0.1) is 0 Å². The van der Waals surface area contributed by atoms with Crippen LogP contribution in [0.3, 0.4) is 0 Å². The summed E-state index contributed by atoms with van der Waals surface area (Å²) in [6.07, 6.45) is 9.04. The smallest absolute Gasteiger partial charge is 0.123 e. The van der Waals surface area contributed by atoms with Crippen molar-refractivity contribution in [2.45, 2.75) is 13.8 Å². The van der Waals surface area contributed by atoms with Crippen molar-refractivity contribution in [1.29, 1.82) is 5.41 Å². The Morgan fingerprint density at radius 1 is 1.33 bits per heavy atom. The molecule has 3 heteroatoms. The van der Waals surface area contributed by atoms with Gasteiger partial charge in [0.25, 0.3) is 0 Å². The maximum Gasteiger partial charge on any atom is 0.123 e. The minimum Gasteiger partial charge on any atom is -0.347 e. The molecule has 0 aromatic heterocycles. The molecule has 0 saturated heterocycles. The maximum absolute atomic E-state index is 7.40. The molecule has 0 atom stereocenters. The summed E-state index contributed by atoms with van der Waals surface area (Å²) >= 11 is 3.30. The second kappa shape index (κ2) is 6.85. The summed E-state index contributed by atoms with van der Waals surface area (Å²) < 4.78 is 0.881. The zero-order valence-corrected chi connectivity index (χ0v) is 8.85. The Morgan fingerprint density at radius 2 is 2.00 bits per heavy atom. The van der Waals surface area contributed by atoms with E-state index in [0.29, 0.717) is 5.84 Å². The Hall–Kier alpha value is -0.830. The monoisotopic (exact) mass is 228 g/mol. The van der Waals surface area contributed by atoms with E-state index < -0.39 is 0 Å². The van der Waals surface area contributed by atoms with E-state index >= 15 is 0 Å². The molecule has 0 amide bonds. The predicted molar refractivity (Wildman–Crippen MR) is 57.5 cm³/mol. The number of amidine groups is 1. The molecule has 0 aromatic carbocycles. The van der Waals surface area contributed by atoms with Gasteiger partial charge in [-0.3, -0.25) is 5.41 Å². The molecule has 0 rings (SSSR count). The quantitative estimate of drug-likeness (QED) is 0.435. The van der Waals surface area contributed by atoms with Crippen molar-refractivity contribution in [2.75, 3.05) is 0 Å². The second-order valence-corrected chi connectivity index (χ2v) is 3.00. The van der Waals surface area contributed by atoms with Gasteiger partial charge in [-0.25, -0.2) is 0 Å². The summed E-state index contributed by atoms with van der Waals surface area (Å²) in [5.41, 5.74) is 0. The molecule has 0 heterocycles. The van der Waals surface area contributed by atoms with Crippen LogP contribution in [0.15, 0.2) is 35.0 Å². The number of halogens is 1. The van der Waals surface area contributed by atoms with Gasteiger partial charge < -0.3 is 5.32 Å². The normalized spacial score (nSPS) is 12.8. The van der Waals surface area contributed by atoms with Gasteiger partial charge in [0.2, 0.25) is 0 Å². The first-order valence-electron chi connectivity index (χ1n) is 3.67. The number of allylic oxidation sites excluding steroid dienone is 4. The third-order valence-electron chi connectivity index (χ3n) is 1.01. The summed E-state index contributed by atoms with van der Waals surface area (Å²) in [4.78, 5) is 0. The Kier molecular flexibility index (Phi) is 6.38. The largest absolute Gasteiger partial charge is 0.347 e. The van der Waals surface area contributed by atoms with Crippen molar-refractivity contribution in [3.05, 3.63) is 35.0 Å². The fourth-order valence-corrected chi connectivity index (χ4v) is 1.05. The topological polar surface area (TPSA) is 35.9 Å². The van der Waals surface area contributed by atoms with Crippen molar-refractivity contribution in [2.24, 2.45) is 0 Å². The van der Waals surface area contributed by atoms with Gasteiger partial charge in [0, 0.05) is 4.48 Å². The van der Waals surface area contributed by atoms with E-state index in [2.05, 4.69) is 21.2 Å². The summed E-state index contributed by atoms with van der Waals surface area (Å²) in [6, 6.07) is 0. The van der Waals surface area contributed by atoms with Crippen LogP contribution in [-0.4, -0.2) is 5.84 Å². The molecule has 0 aliphatic heterocycles. The molecule has 0 bridgehead atoms. The minimum absolute atomic E-state index is 0.359. The van der Waals surface area contributed by atoms with Crippen LogP contribution in [0.25, 0.3) is 0 Å². The minimum atomic E-state index is 0.359. The first-order valence-corrected chi connectivity index (χ1v) is 4.46. The average Bonchev–Trinajstić information content (AvgIpc) is 2.01. The molecule has 0 aliphatic rings. The third kappa shape index (κ3) is 5.92. The SMILES string of the molecule is C/C=C\NC(=N)/C=C(Br)\C=C/C. The zero-order valence-electron chi connectivity index (χ0n) is 7.26. The number of hydrogen-bond donors (Lipinski definition) is 2. The van der Waals surface area contributed by atoms with Crippen molar-refractivity contribution >= 4 is 21.8 Å². The molecule has 0 aliphatic carbocycles. The molecule has 0 saturated carbocycles. The molecule has 0 unspecified atom stereocenters. The molecule has 66 valence electrons. The molecule has 0 fully saturated rings. The molecule has 0 spiro atoms. The molecule has 0 radical (unpaired) electrons. The lowest BCUT2D eigenvalue weighted by Crippen LogP contribution is -2.12. The fourth-order valence-electron chi connectivity index (χ4n) is 0.560. The Morgan fingerprint density at radius 3 is 2.50 bits per heavy atom. The average molecular weight is 229 g/mol. The van der Waals surface area contributed by atoms with E-state index in [1.165, 1.54) is 0 Å². The first-order chi connectivity index (χ1) is 5.70. The number of nitrogens with one attached hydrogen (secondary N) is 2. The standard InChI is InChI=1S/C9H13BrN2/c1-3-5-8(10)7-9(11)12-6-4-2/h3-7H,1-2H3,(H2,11,12)/b5-3-,6-4-,8-7+. The van der Waals surface area contributed by atoms with Gasteiger partial charge in [-0.15, -0.1) is 0 Å². The molecule has 12 heavy (non-hydrogen) atoms. The highest BCUT2D eigenvalue weighted by molar-refractivity contribution is 9.11. The van der Waals surface area contributed by atoms with Gasteiger partial charge in [0.15, 0.2) is 0 Å². The van der Waals surface area contributed by atoms with Crippen LogP contribution in [0.2, 0.25) is 0 Å². The van der Waals surface area contributed by atoms with Crippen LogP contribution in [0.4, 0.5) is 0 Å². The summed E-state index contributed by atoms with van der Waals surface area (Å²) in [7, 11) is 0. The van der Waals surface area contributed by atoms with E-state index in [0.717, 1.165) is 4.48 Å². The number of hydrogen-bond acceptors (Lipinski definition) is 1. The van der Waals surface area contributed by atoms with Crippen molar-refractivity contribution in [3.8, 4) is 0 Å². The van der Waals surface area contributed by atoms with E-state index in [4.69, 9.17) is 5.41 Å². The van der Waals surface area contributed by atoms with Crippen LogP contribution in [0.5, 0.6) is 0 Å². The van der Waals surface area contributed by atoms with Gasteiger partial charge in [-0.05, 0) is 26.1 Å². The number of rotatable bonds is 3. The van der Waals surface area contributed by atoms with Gasteiger partial charge in [-0.2, -0.15) is 0 Å². The summed E-state index contributed by atoms with van der Waals surface area (Å²) in [5.74, 6) is 0.359.